The van der Waals surface area contributed by atoms with Crippen molar-refractivity contribution in [3.8, 4) is 0 Å². The fourth-order valence-electron chi connectivity index (χ4n) is 9.90. The molecule has 4 N–H and O–H groups in total. The van der Waals surface area contributed by atoms with E-state index in [1.807, 2.05) is 0 Å². The van der Waals surface area contributed by atoms with Crippen LogP contribution in [0.2, 0.25) is 0 Å². The van der Waals surface area contributed by atoms with Crippen molar-refractivity contribution >= 4 is 16.0 Å². The maximum Gasteiger partial charge on any atom is 0.220 e. The lowest BCUT2D eigenvalue weighted by atomic mass is 9.41. The highest BCUT2D eigenvalue weighted by Crippen LogP contribution is 2.69. The largest absolute Gasteiger partial charge is 0.748 e. The van der Waals surface area contributed by atoms with Crippen LogP contribution in [-0.4, -0.2) is 64.3 Å². The van der Waals surface area contributed by atoms with E-state index in [4.69, 9.17) is 0 Å². The third-order valence-corrected chi connectivity index (χ3v) is 13.3. The highest BCUT2D eigenvalue weighted by Gasteiger charge is 2.67. The molecule has 4 rings (SSSR count). The molecule has 0 aromatic heterocycles. The Bertz CT molecular complexity index is 974. The summed E-state index contributed by atoms with van der Waals surface area (Å²) in [6.45, 7) is 9.98. The molecule has 0 radical (unpaired) electrons. The number of hydrogen-bond acceptors (Lipinski definition) is 7. The summed E-state index contributed by atoms with van der Waals surface area (Å²) in [4.78, 5) is 12.4. The number of fused-ring (bicyclic) bond motifs is 5. The van der Waals surface area contributed by atoms with Crippen molar-refractivity contribution in [3.05, 3.63) is 0 Å². The predicted octanol–water partition coefficient (Wildman–Crippen LogP) is 3.05. The zero-order chi connectivity index (χ0) is 28.2. The third kappa shape index (κ3) is 5.08. The second-order valence-electron chi connectivity index (χ2n) is 13.8. The SMILES string of the molecule is CC[C@H]1[C@@H](O)[C@@H]2[C@H](C[C@H](O)[C@]3(C)[C@@H]([C@H](C)CCC(=O)NC[C@@H](C)S(=O)(=O)[O-])CC[C@@H]23)[C@@]2(C)CC[C@@H](O)C[C@@H]12. The number of hydrogen-bond donors (Lipinski definition) is 4. The van der Waals surface area contributed by atoms with Gasteiger partial charge in [-0.1, -0.05) is 34.1 Å². The zero-order valence-electron chi connectivity index (χ0n) is 23.8. The minimum absolute atomic E-state index is 0.0165. The van der Waals surface area contributed by atoms with Crippen LogP contribution in [0.5, 0.6) is 0 Å². The van der Waals surface area contributed by atoms with Gasteiger partial charge in [0.05, 0.1) is 33.7 Å². The summed E-state index contributed by atoms with van der Waals surface area (Å²) in [6.07, 6.45) is 5.64. The van der Waals surface area contributed by atoms with E-state index in [1.54, 1.807) is 0 Å². The maximum absolute atomic E-state index is 12.4. The van der Waals surface area contributed by atoms with Gasteiger partial charge in [0.25, 0.3) is 0 Å². The van der Waals surface area contributed by atoms with Gasteiger partial charge < -0.3 is 25.2 Å². The molecule has 13 atom stereocenters. The Hall–Kier alpha value is -0.740. The van der Waals surface area contributed by atoms with Crippen LogP contribution in [0, 0.1) is 52.3 Å². The van der Waals surface area contributed by atoms with Crippen LogP contribution in [0.15, 0.2) is 0 Å². The van der Waals surface area contributed by atoms with Crippen molar-refractivity contribution in [1.29, 1.82) is 0 Å². The Kier molecular flexibility index (Phi) is 8.68. The monoisotopic (exact) mass is 556 g/mol. The molecular formula is C29H50NO7S-. The number of aliphatic hydroxyl groups is 3. The molecule has 0 heterocycles. The number of nitrogens with one attached hydrogen (secondary N) is 1. The fraction of sp³-hybridized carbons (Fsp3) is 0.966. The van der Waals surface area contributed by atoms with Crippen LogP contribution < -0.4 is 5.32 Å². The first kappa shape index (κ1) is 30.2. The van der Waals surface area contributed by atoms with Gasteiger partial charge in [-0.2, -0.15) is 0 Å². The molecule has 0 aliphatic heterocycles. The summed E-state index contributed by atoms with van der Waals surface area (Å²) in [6, 6.07) is 0. The lowest BCUT2D eigenvalue weighted by Gasteiger charge is -2.65. The van der Waals surface area contributed by atoms with Gasteiger partial charge in [-0.05, 0) is 104 Å². The molecule has 0 aromatic rings. The van der Waals surface area contributed by atoms with Crippen molar-refractivity contribution in [2.24, 2.45) is 52.3 Å². The van der Waals surface area contributed by atoms with Crippen molar-refractivity contribution in [1.82, 2.24) is 5.32 Å². The summed E-state index contributed by atoms with van der Waals surface area (Å²) in [5.41, 5.74) is -0.318. The number of carbonyl (C=O) groups is 1. The molecule has 4 aliphatic carbocycles. The number of amides is 1. The lowest BCUT2D eigenvalue weighted by molar-refractivity contribution is -0.228. The quantitative estimate of drug-likeness (QED) is 0.336. The smallest absolute Gasteiger partial charge is 0.220 e. The molecule has 8 nitrogen and oxygen atoms in total. The highest BCUT2D eigenvalue weighted by molar-refractivity contribution is 7.86. The molecule has 220 valence electrons. The summed E-state index contributed by atoms with van der Waals surface area (Å²) in [7, 11) is -4.43. The van der Waals surface area contributed by atoms with E-state index in [2.05, 4.69) is 33.0 Å². The lowest BCUT2D eigenvalue weighted by Crippen LogP contribution is -2.65. The average molecular weight is 557 g/mol. The number of aliphatic hydroxyl groups excluding tert-OH is 3. The van der Waals surface area contributed by atoms with E-state index in [0.717, 1.165) is 38.5 Å². The van der Waals surface area contributed by atoms with Gasteiger partial charge in [0.2, 0.25) is 5.91 Å². The molecule has 0 spiro atoms. The second kappa shape index (κ2) is 10.9. The Morgan fingerprint density at radius 2 is 1.74 bits per heavy atom. The first-order chi connectivity index (χ1) is 17.7. The maximum atomic E-state index is 12.4. The van der Waals surface area contributed by atoms with Gasteiger partial charge in [-0.15, -0.1) is 0 Å². The Morgan fingerprint density at radius 3 is 2.37 bits per heavy atom. The third-order valence-electron chi connectivity index (χ3n) is 12.2. The van der Waals surface area contributed by atoms with Crippen LogP contribution in [0.1, 0.15) is 92.4 Å². The predicted molar refractivity (Wildman–Crippen MR) is 144 cm³/mol. The minimum Gasteiger partial charge on any atom is -0.748 e. The normalized spacial score (nSPS) is 46.4. The van der Waals surface area contributed by atoms with Crippen molar-refractivity contribution < 1.29 is 33.1 Å². The summed E-state index contributed by atoms with van der Waals surface area (Å²) >= 11 is 0. The van der Waals surface area contributed by atoms with Gasteiger partial charge in [0.15, 0.2) is 0 Å². The van der Waals surface area contributed by atoms with E-state index in [0.29, 0.717) is 12.8 Å². The molecule has 0 saturated heterocycles. The van der Waals surface area contributed by atoms with Gasteiger partial charge in [-0.25, -0.2) is 8.42 Å². The first-order valence-corrected chi connectivity index (χ1v) is 16.4. The zero-order valence-corrected chi connectivity index (χ0v) is 24.6. The van der Waals surface area contributed by atoms with E-state index >= 15 is 0 Å². The molecule has 38 heavy (non-hydrogen) atoms. The number of rotatable bonds is 8. The van der Waals surface area contributed by atoms with E-state index in [1.165, 1.54) is 6.92 Å². The Morgan fingerprint density at radius 1 is 1.05 bits per heavy atom. The van der Waals surface area contributed by atoms with E-state index in [-0.39, 0.29) is 77.2 Å². The molecule has 1 amide bonds. The topological polar surface area (TPSA) is 147 Å². The molecule has 9 heteroatoms. The molecule has 4 fully saturated rings. The van der Waals surface area contributed by atoms with Crippen molar-refractivity contribution in [2.45, 2.75) is 116 Å². The van der Waals surface area contributed by atoms with Crippen LogP contribution in [0.4, 0.5) is 0 Å². The van der Waals surface area contributed by atoms with Gasteiger partial charge in [0.1, 0.15) is 0 Å². The van der Waals surface area contributed by atoms with Crippen LogP contribution >= 0.6 is 0 Å². The molecule has 0 bridgehead atoms. The highest BCUT2D eigenvalue weighted by atomic mass is 32.2. The van der Waals surface area contributed by atoms with Crippen LogP contribution in [0.25, 0.3) is 0 Å². The van der Waals surface area contributed by atoms with Gasteiger partial charge in [-0.3, -0.25) is 4.79 Å². The standard InChI is InChI=1S/C29H51NO7S/c1-6-19-22-13-18(31)11-12-28(22,4)23-14-24(32)29(5)20(8-9-21(29)26(23)27(19)34)16(2)7-10-25(33)30-15-17(3)38(35,36)37/h16-24,26-27,31-32,34H,6-15H2,1-5H3,(H,30,33)(H,35,36,37)/p-1/t16-,17-,18-,19-,20-,21+,22+,23+,24+,26+,27-,28+,29-/m1/s1. The molecule has 0 aromatic carbocycles. The Balaban J connectivity index is 1.48. The van der Waals surface area contributed by atoms with Gasteiger partial charge >= 0.3 is 0 Å². The fourth-order valence-corrected chi connectivity index (χ4v) is 10.2. The molecule has 4 aliphatic rings. The molecule has 0 unspecified atom stereocenters. The van der Waals surface area contributed by atoms with Crippen LogP contribution in [0.3, 0.4) is 0 Å². The molecular weight excluding hydrogens is 506 g/mol. The molecule has 4 saturated carbocycles. The minimum atomic E-state index is -4.43. The number of carbonyl (C=O) groups excluding carboxylic acids is 1. The van der Waals surface area contributed by atoms with Gasteiger partial charge in [0, 0.05) is 13.0 Å². The van der Waals surface area contributed by atoms with E-state index < -0.39 is 27.6 Å². The first-order valence-electron chi connectivity index (χ1n) is 14.9. The van der Waals surface area contributed by atoms with E-state index in [9.17, 15) is 33.1 Å². The van der Waals surface area contributed by atoms with Crippen molar-refractivity contribution in [2.75, 3.05) is 6.54 Å². The summed E-state index contributed by atoms with van der Waals surface area (Å²) in [5, 5.41) is 35.5. The Labute approximate surface area is 229 Å². The summed E-state index contributed by atoms with van der Waals surface area (Å²) in [5.74, 6) is 1.18. The van der Waals surface area contributed by atoms with Crippen molar-refractivity contribution in [3.63, 3.8) is 0 Å². The average Bonchev–Trinajstić information content (AvgIpc) is 3.21. The summed E-state index contributed by atoms with van der Waals surface area (Å²) < 4.78 is 33.3. The van der Waals surface area contributed by atoms with Crippen LogP contribution in [-0.2, 0) is 14.9 Å². The second-order valence-corrected chi connectivity index (χ2v) is 15.6.